The Kier molecular flexibility index (Phi) is 7.52. The quantitative estimate of drug-likeness (QED) is 0.740. The predicted octanol–water partition coefficient (Wildman–Crippen LogP) is 4.22. The minimum atomic E-state index is 0.520. The van der Waals surface area contributed by atoms with Gasteiger partial charge in [-0.2, -0.15) is 0 Å². The van der Waals surface area contributed by atoms with Crippen molar-refractivity contribution in [1.29, 1.82) is 0 Å². The number of rotatable bonds is 9. The lowest BCUT2D eigenvalue weighted by Crippen LogP contribution is -2.30. The van der Waals surface area contributed by atoms with Crippen molar-refractivity contribution in [2.45, 2.75) is 78.9 Å². The zero-order valence-electron chi connectivity index (χ0n) is 14.0. The number of anilines is 1. The van der Waals surface area contributed by atoms with Crippen LogP contribution in [0.2, 0.25) is 0 Å². The zero-order valence-corrected chi connectivity index (χ0v) is 14.8. The highest BCUT2D eigenvalue weighted by Crippen LogP contribution is 2.29. The fourth-order valence-corrected chi connectivity index (χ4v) is 3.47. The summed E-state index contributed by atoms with van der Waals surface area (Å²) in [6.07, 6.45) is 4.60. The van der Waals surface area contributed by atoms with E-state index in [-0.39, 0.29) is 0 Å². The molecule has 0 aliphatic heterocycles. The molecule has 0 radical (unpaired) electrons. The maximum absolute atomic E-state index is 4.90. The van der Waals surface area contributed by atoms with Crippen molar-refractivity contribution in [3.8, 4) is 0 Å². The minimum absolute atomic E-state index is 0.520. The van der Waals surface area contributed by atoms with Crippen LogP contribution < -0.4 is 10.2 Å². The summed E-state index contributed by atoms with van der Waals surface area (Å²) in [7, 11) is 2.19. The Morgan fingerprint density at radius 2 is 1.85 bits per heavy atom. The Morgan fingerprint density at radius 1 is 1.20 bits per heavy atom. The SMILES string of the molecule is CCCc1nc(N(C)C(CC)CC)sc1CNC(C)C. The van der Waals surface area contributed by atoms with E-state index in [9.17, 15) is 0 Å². The average molecular weight is 298 g/mol. The van der Waals surface area contributed by atoms with E-state index in [1.807, 2.05) is 11.3 Å². The second-order valence-electron chi connectivity index (χ2n) is 5.73. The fraction of sp³-hybridized carbons (Fsp3) is 0.812. The van der Waals surface area contributed by atoms with Crippen molar-refractivity contribution in [2.24, 2.45) is 0 Å². The van der Waals surface area contributed by atoms with Crippen molar-refractivity contribution in [2.75, 3.05) is 11.9 Å². The summed E-state index contributed by atoms with van der Waals surface area (Å²) in [4.78, 5) is 8.67. The molecular formula is C16H31N3S. The summed E-state index contributed by atoms with van der Waals surface area (Å²) < 4.78 is 0. The topological polar surface area (TPSA) is 28.2 Å². The van der Waals surface area contributed by atoms with Gasteiger partial charge < -0.3 is 10.2 Å². The Hall–Kier alpha value is -0.610. The third kappa shape index (κ3) is 4.74. The largest absolute Gasteiger partial charge is 0.348 e. The number of aryl methyl sites for hydroxylation is 1. The fourth-order valence-electron chi connectivity index (χ4n) is 2.38. The maximum Gasteiger partial charge on any atom is 0.185 e. The van der Waals surface area contributed by atoms with Gasteiger partial charge in [-0.15, -0.1) is 11.3 Å². The first kappa shape index (κ1) is 17.4. The van der Waals surface area contributed by atoms with E-state index < -0.39 is 0 Å². The highest BCUT2D eigenvalue weighted by Gasteiger charge is 2.18. The molecule has 0 aromatic carbocycles. The summed E-state index contributed by atoms with van der Waals surface area (Å²) in [5.41, 5.74) is 1.29. The van der Waals surface area contributed by atoms with Crippen molar-refractivity contribution in [3.63, 3.8) is 0 Å². The zero-order chi connectivity index (χ0) is 15.1. The van der Waals surface area contributed by atoms with Gasteiger partial charge in [0.15, 0.2) is 5.13 Å². The Bertz CT molecular complexity index is 383. The monoisotopic (exact) mass is 297 g/mol. The number of aromatic nitrogens is 1. The van der Waals surface area contributed by atoms with Crippen LogP contribution in [0.1, 0.15) is 64.5 Å². The van der Waals surface area contributed by atoms with Gasteiger partial charge in [-0.05, 0) is 19.3 Å². The van der Waals surface area contributed by atoms with Crippen LogP contribution in [-0.2, 0) is 13.0 Å². The standard InChI is InChI=1S/C16H31N3S/c1-7-10-14-15(11-17-12(4)5)20-16(18-14)19(6)13(8-2)9-3/h12-13,17H,7-11H2,1-6H3. The number of nitrogens with one attached hydrogen (secondary N) is 1. The van der Waals surface area contributed by atoms with E-state index in [0.717, 1.165) is 19.4 Å². The number of hydrogen-bond acceptors (Lipinski definition) is 4. The van der Waals surface area contributed by atoms with Gasteiger partial charge in [0.2, 0.25) is 0 Å². The minimum Gasteiger partial charge on any atom is -0.348 e. The van der Waals surface area contributed by atoms with Crippen LogP contribution in [0.5, 0.6) is 0 Å². The first-order chi connectivity index (χ1) is 9.53. The molecule has 3 nitrogen and oxygen atoms in total. The van der Waals surface area contributed by atoms with Gasteiger partial charge >= 0.3 is 0 Å². The van der Waals surface area contributed by atoms with E-state index in [1.165, 1.54) is 28.5 Å². The first-order valence-corrected chi connectivity index (χ1v) is 8.79. The molecule has 1 aromatic rings. The van der Waals surface area contributed by atoms with Crippen LogP contribution in [-0.4, -0.2) is 24.1 Å². The molecule has 0 bridgehead atoms. The number of thiazole rings is 1. The van der Waals surface area contributed by atoms with Crippen LogP contribution in [0.25, 0.3) is 0 Å². The molecule has 0 amide bonds. The van der Waals surface area contributed by atoms with Crippen LogP contribution in [0.4, 0.5) is 5.13 Å². The van der Waals surface area contributed by atoms with Crippen molar-refractivity contribution in [1.82, 2.24) is 10.3 Å². The Morgan fingerprint density at radius 3 is 2.35 bits per heavy atom. The Balaban J connectivity index is 2.89. The molecule has 0 saturated carbocycles. The molecule has 0 saturated heterocycles. The van der Waals surface area contributed by atoms with E-state index in [1.54, 1.807) is 0 Å². The second-order valence-corrected chi connectivity index (χ2v) is 6.80. The van der Waals surface area contributed by atoms with Gasteiger partial charge in [0.05, 0.1) is 5.69 Å². The molecule has 4 heteroatoms. The van der Waals surface area contributed by atoms with Gasteiger partial charge in [-0.3, -0.25) is 0 Å². The van der Waals surface area contributed by atoms with Crippen LogP contribution in [0.3, 0.4) is 0 Å². The van der Waals surface area contributed by atoms with Crippen LogP contribution in [0, 0.1) is 0 Å². The molecule has 0 fully saturated rings. The van der Waals surface area contributed by atoms with E-state index in [0.29, 0.717) is 12.1 Å². The van der Waals surface area contributed by atoms with E-state index >= 15 is 0 Å². The summed E-state index contributed by atoms with van der Waals surface area (Å²) in [5.74, 6) is 0. The van der Waals surface area contributed by atoms with Crippen molar-refractivity contribution >= 4 is 16.5 Å². The summed E-state index contributed by atoms with van der Waals surface area (Å²) in [6.45, 7) is 12.1. The van der Waals surface area contributed by atoms with Crippen LogP contribution in [0.15, 0.2) is 0 Å². The molecule has 1 aromatic heterocycles. The van der Waals surface area contributed by atoms with E-state index in [4.69, 9.17) is 4.98 Å². The van der Waals surface area contributed by atoms with Gasteiger partial charge in [0.1, 0.15) is 0 Å². The molecule has 0 unspecified atom stereocenters. The lowest BCUT2D eigenvalue weighted by molar-refractivity contribution is 0.587. The molecule has 1 heterocycles. The molecule has 1 rings (SSSR count). The molecular weight excluding hydrogens is 266 g/mol. The Labute approximate surface area is 128 Å². The van der Waals surface area contributed by atoms with Gasteiger partial charge in [0, 0.05) is 30.6 Å². The van der Waals surface area contributed by atoms with Gasteiger partial charge in [0.25, 0.3) is 0 Å². The van der Waals surface area contributed by atoms with Crippen molar-refractivity contribution < 1.29 is 0 Å². The molecule has 0 aliphatic rings. The molecule has 0 aliphatic carbocycles. The highest BCUT2D eigenvalue weighted by molar-refractivity contribution is 7.15. The lowest BCUT2D eigenvalue weighted by atomic mass is 10.1. The molecule has 1 N–H and O–H groups in total. The van der Waals surface area contributed by atoms with Crippen molar-refractivity contribution in [3.05, 3.63) is 10.6 Å². The second kappa shape index (κ2) is 8.63. The molecule has 20 heavy (non-hydrogen) atoms. The summed E-state index contributed by atoms with van der Waals surface area (Å²) >= 11 is 1.86. The number of hydrogen-bond donors (Lipinski definition) is 1. The predicted molar refractivity (Wildman–Crippen MR) is 90.9 cm³/mol. The third-order valence-corrected chi connectivity index (χ3v) is 4.90. The normalized spacial score (nSPS) is 11.6. The maximum atomic E-state index is 4.90. The average Bonchev–Trinajstić information content (AvgIpc) is 2.81. The highest BCUT2D eigenvalue weighted by atomic mass is 32.1. The first-order valence-electron chi connectivity index (χ1n) is 7.98. The van der Waals surface area contributed by atoms with Gasteiger partial charge in [-0.1, -0.05) is 41.0 Å². The third-order valence-electron chi connectivity index (χ3n) is 3.72. The molecule has 0 atom stereocenters. The lowest BCUT2D eigenvalue weighted by Gasteiger charge is -2.25. The summed E-state index contributed by atoms with van der Waals surface area (Å²) in [6, 6.07) is 1.12. The number of nitrogens with zero attached hydrogens (tertiary/aromatic N) is 2. The van der Waals surface area contributed by atoms with Gasteiger partial charge in [-0.25, -0.2) is 4.98 Å². The van der Waals surface area contributed by atoms with E-state index in [2.05, 4.69) is 51.9 Å². The molecule has 0 spiro atoms. The smallest absolute Gasteiger partial charge is 0.185 e. The molecule has 116 valence electrons. The summed E-state index contributed by atoms with van der Waals surface area (Å²) in [5, 5.41) is 4.70. The van der Waals surface area contributed by atoms with Crippen LogP contribution >= 0.6 is 11.3 Å².